The van der Waals surface area contributed by atoms with Crippen LogP contribution in [0.2, 0.25) is 0 Å². The van der Waals surface area contributed by atoms with Crippen LogP contribution in [-0.2, 0) is 4.79 Å². The van der Waals surface area contributed by atoms with E-state index < -0.39 is 5.97 Å². The monoisotopic (exact) mass is 589 g/mol. The van der Waals surface area contributed by atoms with Crippen LogP contribution in [0.15, 0.2) is 0 Å². The number of rotatable bonds is 26. The number of quaternary nitrogens is 2. The lowest BCUT2D eigenvalue weighted by Gasteiger charge is -2.39. The Morgan fingerprint density at radius 2 is 0.561 bits per heavy atom. The lowest BCUT2D eigenvalue weighted by molar-refractivity contribution is -0.929. The van der Waals surface area contributed by atoms with E-state index in [4.69, 9.17) is 0 Å². The Hall–Kier alpha value is -0.650. The van der Waals surface area contributed by atoms with E-state index >= 15 is 0 Å². The standard InChI is InChI=1S/2C16H36N.C4H8O2.H2O/c2*1-5-9-13-17(14-10-6-2,15-11-7-3)16-12-8-4;1-2-3-4(5)6;/h2*5-16H2,1-4H3;2-3H2,1H3,(H,5,6);1H2/q2*+1;;/p-2. The fourth-order valence-corrected chi connectivity index (χ4v) is 5.49. The molecule has 0 bridgehead atoms. The summed E-state index contributed by atoms with van der Waals surface area (Å²) in [6, 6.07) is 0. The molecule has 0 aromatic heterocycles. The van der Waals surface area contributed by atoms with E-state index in [0.717, 1.165) is 0 Å². The number of carboxylic acid groups (broad SMARTS) is 1. The number of nitrogens with zero attached hydrogens (tertiary/aromatic N) is 2. The molecule has 0 aromatic rings. The van der Waals surface area contributed by atoms with Crippen LogP contribution in [0.4, 0.5) is 0 Å². The number of unbranched alkanes of at least 4 members (excludes halogenated alkanes) is 8. The summed E-state index contributed by atoms with van der Waals surface area (Å²) in [6.45, 7) is 31.8. The molecule has 0 spiro atoms. The van der Waals surface area contributed by atoms with Crippen molar-refractivity contribution in [3.8, 4) is 0 Å². The molecule has 0 atom stereocenters. The lowest BCUT2D eigenvalue weighted by Crippen LogP contribution is -2.50. The zero-order valence-corrected chi connectivity index (χ0v) is 30.0. The second-order valence-corrected chi connectivity index (χ2v) is 12.4. The average Bonchev–Trinajstić information content (AvgIpc) is 2.96. The molecular formula is C36H80N2O3. The molecule has 5 nitrogen and oxygen atoms in total. The van der Waals surface area contributed by atoms with Crippen LogP contribution in [0.1, 0.15) is 178 Å². The molecule has 0 radical (unpaired) electrons. The van der Waals surface area contributed by atoms with E-state index in [9.17, 15) is 9.90 Å². The third-order valence-corrected chi connectivity index (χ3v) is 8.34. The van der Waals surface area contributed by atoms with Gasteiger partial charge in [-0.25, -0.2) is 0 Å². The van der Waals surface area contributed by atoms with E-state index in [1.165, 1.54) is 164 Å². The van der Waals surface area contributed by atoms with Gasteiger partial charge < -0.3 is 24.3 Å². The van der Waals surface area contributed by atoms with Gasteiger partial charge in [-0.2, -0.15) is 0 Å². The van der Waals surface area contributed by atoms with Crippen molar-refractivity contribution in [1.29, 1.82) is 0 Å². The second-order valence-electron chi connectivity index (χ2n) is 12.4. The van der Waals surface area contributed by atoms with Gasteiger partial charge in [-0.1, -0.05) is 120 Å². The Labute approximate surface area is 260 Å². The van der Waals surface area contributed by atoms with Crippen LogP contribution in [0, 0.1) is 0 Å². The normalized spacial score (nSPS) is 11.1. The molecular weight excluding hydrogens is 508 g/mol. The van der Waals surface area contributed by atoms with Gasteiger partial charge in [0, 0.05) is 5.97 Å². The van der Waals surface area contributed by atoms with Gasteiger partial charge in [-0.15, -0.1) is 0 Å². The van der Waals surface area contributed by atoms with E-state index in [2.05, 4.69) is 55.4 Å². The molecule has 0 aliphatic heterocycles. The van der Waals surface area contributed by atoms with Gasteiger partial charge in [0.2, 0.25) is 0 Å². The Kier molecular flexibility index (Phi) is 41.0. The summed E-state index contributed by atoms with van der Waals surface area (Å²) >= 11 is 0. The summed E-state index contributed by atoms with van der Waals surface area (Å²) in [5, 5.41) is 9.49. The smallest absolute Gasteiger partial charge is 0.0786 e. The molecule has 0 fully saturated rings. The Morgan fingerprint density at radius 1 is 0.390 bits per heavy atom. The van der Waals surface area contributed by atoms with Gasteiger partial charge in [0.25, 0.3) is 0 Å². The summed E-state index contributed by atoms with van der Waals surface area (Å²) in [4.78, 5) is 9.49. The number of hydrogen-bond donors (Lipinski definition) is 0. The minimum absolute atomic E-state index is 0. The highest BCUT2D eigenvalue weighted by Crippen LogP contribution is 2.17. The number of carbonyl (C=O) groups is 1. The van der Waals surface area contributed by atoms with Crippen molar-refractivity contribution in [3.05, 3.63) is 0 Å². The highest BCUT2D eigenvalue weighted by molar-refractivity contribution is 5.63. The Morgan fingerprint density at radius 3 is 0.634 bits per heavy atom. The molecule has 0 aromatic carbocycles. The van der Waals surface area contributed by atoms with Crippen molar-refractivity contribution >= 4 is 5.97 Å². The molecule has 41 heavy (non-hydrogen) atoms. The van der Waals surface area contributed by atoms with Crippen LogP contribution in [-0.4, -0.2) is 72.8 Å². The number of aliphatic carboxylic acids is 1. The SMILES string of the molecule is CCCC(=O)[O-].CCCC[N+](CCCC)(CCCC)CCCC.CCCC[N+](CCCC)(CCCC)CCCC.[OH-]. The first-order valence-electron chi connectivity index (χ1n) is 18.2. The molecule has 0 saturated heterocycles. The number of carbonyl (C=O) groups excluding carboxylic acids is 1. The molecule has 0 aliphatic carbocycles. The molecule has 5 heteroatoms. The Bertz CT molecular complexity index is 388. The number of hydrogen-bond acceptors (Lipinski definition) is 3. The third-order valence-electron chi connectivity index (χ3n) is 8.34. The van der Waals surface area contributed by atoms with Crippen molar-refractivity contribution in [2.45, 2.75) is 178 Å². The molecule has 0 heterocycles. The van der Waals surface area contributed by atoms with Crippen LogP contribution in [0.5, 0.6) is 0 Å². The third kappa shape index (κ3) is 30.6. The quantitative estimate of drug-likeness (QED) is 0.0945. The van der Waals surface area contributed by atoms with Crippen molar-refractivity contribution in [2.24, 2.45) is 0 Å². The van der Waals surface area contributed by atoms with E-state index in [-0.39, 0.29) is 11.9 Å². The van der Waals surface area contributed by atoms with Gasteiger partial charge in [0.05, 0.1) is 52.4 Å². The highest BCUT2D eigenvalue weighted by Gasteiger charge is 2.25. The van der Waals surface area contributed by atoms with Crippen LogP contribution < -0.4 is 5.11 Å². The molecule has 0 rings (SSSR count). The minimum atomic E-state index is -0.961. The van der Waals surface area contributed by atoms with Crippen LogP contribution in [0.3, 0.4) is 0 Å². The molecule has 0 aliphatic rings. The van der Waals surface area contributed by atoms with E-state index in [1.807, 2.05) is 0 Å². The van der Waals surface area contributed by atoms with Crippen LogP contribution >= 0.6 is 0 Å². The van der Waals surface area contributed by atoms with Gasteiger partial charge in [-0.3, -0.25) is 0 Å². The molecule has 0 amide bonds. The van der Waals surface area contributed by atoms with Gasteiger partial charge in [0.1, 0.15) is 0 Å². The topological polar surface area (TPSA) is 70.1 Å². The van der Waals surface area contributed by atoms with Gasteiger partial charge >= 0.3 is 0 Å². The summed E-state index contributed by atoms with van der Waals surface area (Å²) in [5.41, 5.74) is 0. The van der Waals surface area contributed by atoms with E-state index in [0.29, 0.717) is 6.42 Å². The molecule has 0 saturated carbocycles. The molecule has 252 valence electrons. The first-order valence-corrected chi connectivity index (χ1v) is 18.2. The zero-order valence-electron chi connectivity index (χ0n) is 30.0. The maximum Gasteiger partial charge on any atom is 0.0786 e. The van der Waals surface area contributed by atoms with Crippen molar-refractivity contribution in [1.82, 2.24) is 0 Å². The summed E-state index contributed by atoms with van der Waals surface area (Å²) in [6.07, 6.45) is 23.0. The second kappa shape index (κ2) is 35.5. The maximum atomic E-state index is 9.49. The largest absolute Gasteiger partial charge is 0.870 e. The Balaban J connectivity index is -0.000000273. The van der Waals surface area contributed by atoms with Gasteiger partial charge in [-0.05, 0) is 57.8 Å². The average molecular weight is 589 g/mol. The summed E-state index contributed by atoms with van der Waals surface area (Å²) in [5.74, 6) is -0.961. The fourth-order valence-electron chi connectivity index (χ4n) is 5.49. The number of carboxylic acids is 1. The van der Waals surface area contributed by atoms with E-state index in [1.54, 1.807) is 6.92 Å². The first kappa shape index (κ1) is 47.3. The fraction of sp³-hybridized carbons (Fsp3) is 0.972. The van der Waals surface area contributed by atoms with Crippen molar-refractivity contribution in [2.75, 3.05) is 52.4 Å². The lowest BCUT2D eigenvalue weighted by atomic mass is 10.1. The molecule has 1 N–H and O–H groups in total. The predicted molar refractivity (Wildman–Crippen MR) is 181 cm³/mol. The van der Waals surface area contributed by atoms with Crippen molar-refractivity contribution in [3.63, 3.8) is 0 Å². The van der Waals surface area contributed by atoms with Gasteiger partial charge in [0.15, 0.2) is 0 Å². The zero-order chi connectivity index (χ0) is 31.0. The maximum absolute atomic E-state index is 9.49. The minimum Gasteiger partial charge on any atom is -0.870 e. The van der Waals surface area contributed by atoms with Crippen molar-refractivity contribution < 1.29 is 24.3 Å². The summed E-state index contributed by atoms with van der Waals surface area (Å²) in [7, 11) is 0. The molecule has 0 unspecified atom stereocenters. The highest BCUT2D eigenvalue weighted by atomic mass is 16.4. The summed E-state index contributed by atoms with van der Waals surface area (Å²) < 4.78 is 2.84. The predicted octanol–water partition coefficient (Wildman–Crippen LogP) is 9.37. The van der Waals surface area contributed by atoms with Crippen LogP contribution in [0.25, 0.3) is 0 Å². The first-order chi connectivity index (χ1) is 19.3.